The van der Waals surface area contributed by atoms with E-state index in [0.717, 1.165) is 38.5 Å². The maximum Gasteiger partial charge on any atom is 0.138 e. The molecule has 0 spiro atoms. The van der Waals surface area contributed by atoms with Crippen molar-refractivity contribution in [3.63, 3.8) is 0 Å². The van der Waals surface area contributed by atoms with Gasteiger partial charge >= 0.3 is 0 Å². The van der Waals surface area contributed by atoms with Gasteiger partial charge in [-0.1, -0.05) is 64.3 Å². The molecular weight excluding hydrogens is 408 g/mol. The molecule has 0 saturated heterocycles. The average molecular weight is 457 g/mol. The topological polar surface area (TPSA) is 57.5 Å². The number of Topliss-reactive ketones (excluding diaryl/α,β-unsaturated/α-hetero) is 1. The second kappa shape index (κ2) is 8.05. The van der Waals surface area contributed by atoms with Crippen LogP contribution in [0.25, 0.3) is 0 Å². The molecule has 0 heterocycles. The van der Waals surface area contributed by atoms with Gasteiger partial charge in [0.1, 0.15) is 5.78 Å². The molecular formula is C30H48O3. The molecule has 33 heavy (non-hydrogen) atoms. The van der Waals surface area contributed by atoms with Crippen LogP contribution in [0.15, 0.2) is 22.8 Å². The number of hydrogen-bond donors (Lipinski definition) is 2. The summed E-state index contributed by atoms with van der Waals surface area (Å²) in [6.45, 7) is 17.8. The van der Waals surface area contributed by atoms with Crippen LogP contribution in [0, 0.1) is 39.4 Å². The third kappa shape index (κ3) is 3.31. The Hall–Kier alpha value is -0.930. The first kappa shape index (κ1) is 25.2. The molecule has 2 fully saturated rings. The second-order valence-corrected chi connectivity index (χ2v) is 13.5. The van der Waals surface area contributed by atoms with Crippen molar-refractivity contribution in [2.45, 2.75) is 119 Å². The highest BCUT2D eigenvalue weighted by Gasteiger charge is 2.69. The molecule has 0 unspecified atom stereocenters. The third-order valence-electron chi connectivity index (χ3n) is 11.6. The molecule has 0 aromatic heterocycles. The molecule has 2 saturated carbocycles. The Morgan fingerprint density at radius 1 is 1.06 bits per heavy atom. The Morgan fingerprint density at radius 3 is 2.36 bits per heavy atom. The lowest BCUT2D eigenvalue weighted by Gasteiger charge is -2.62. The van der Waals surface area contributed by atoms with E-state index in [2.05, 4.69) is 61.5 Å². The molecule has 3 nitrogen and oxygen atoms in total. The van der Waals surface area contributed by atoms with Crippen LogP contribution in [-0.2, 0) is 4.79 Å². The van der Waals surface area contributed by atoms with Crippen molar-refractivity contribution < 1.29 is 15.0 Å². The molecule has 0 bridgehead atoms. The molecule has 186 valence electrons. The summed E-state index contributed by atoms with van der Waals surface area (Å²) >= 11 is 0. The van der Waals surface area contributed by atoms with E-state index in [9.17, 15) is 15.0 Å². The summed E-state index contributed by atoms with van der Waals surface area (Å²) in [4.78, 5) is 12.8. The van der Waals surface area contributed by atoms with Crippen molar-refractivity contribution in [1.29, 1.82) is 0 Å². The molecule has 4 aliphatic rings. The zero-order valence-corrected chi connectivity index (χ0v) is 22.4. The number of allylic oxidation sites excluding steroid dienone is 2. The number of carbonyl (C=O) groups excluding carboxylic acids is 1. The Bertz CT molecular complexity index is 877. The predicted molar refractivity (Wildman–Crippen MR) is 135 cm³/mol. The van der Waals surface area contributed by atoms with Gasteiger partial charge in [-0.15, -0.1) is 0 Å². The summed E-state index contributed by atoms with van der Waals surface area (Å²) in [7, 11) is 0. The van der Waals surface area contributed by atoms with Crippen molar-refractivity contribution in [1.82, 2.24) is 0 Å². The first-order valence-corrected chi connectivity index (χ1v) is 13.5. The van der Waals surface area contributed by atoms with Crippen molar-refractivity contribution in [3.8, 4) is 0 Å². The molecule has 0 aliphatic heterocycles. The van der Waals surface area contributed by atoms with Crippen LogP contribution in [0.4, 0.5) is 0 Å². The van der Waals surface area contributed by atoms with E-state index in [0.29, 0.717) is 36.4 Å². The highest BCUT2D eigenvalue weighted by atomic mass is 16.3. The minimum absolute atomic E-state index is 0.0524. The van der Waals surface area contributed by atoms with Gasteiger partial charge in [-0.25, -0.2) is 0 Å². The summed E-state index contributed by atoms with van der Waals surface area (Å²) in [5.74, 6) is 1.48. The van der Waals surface area contributed by atoms with Crippen LogP contribution in [0.2, 0.25) is 0 Å². The quantitative estimate of drug-likeness (QED) is 0.467. The Balaban J connectivity index is 1.75. The molecule has 2 N–H and O–H groups in total. The van der Waals surface area contributed by atoms with E-state index in [1.165, 1.54) is 16.7 Å². The van der Waals surface area contributed by atoms with Crippen LogP contribution in [0.1, 0.15) is 107 Å². The Labute approximate surface area is 202 Å². The number of rotatable bonds is 4. The molecule has 3 heteroatoms. The van der Waals surface area contributed by atoms with Crippen LogP contribution in [0.5, 0.6) is 0 Å². The number of aliphatic hydroxyl groups excluding tert-OH is 2. The van der Waals surface area contributed by atoms with Crippen LogP contribution < -0.4 is 0 Å². The van der Waals surface area contributed by atoms with Crippen LogP contribution in [0.3, 0.4) is 0 Å². The number of fused-ring (bicyclic) bond motifs is 4. The van der Waals surface area contributed by atoms with Gasteiger partial charge in [0.15, 0.2) is 0 Å². The smallest absolute Gasteiger partial charge is 0.138 e. The first-order valence-electron chi connectivity index (χ1n) is 13.5. The predicted octanol–water partition coefficient (Wildman–Crippen LogP) is 6.63. The van der Waals surface area contributed by atoms with Crippen LogP contribution >= 0.6 is 0 Å². The van der Waals surface area contributed by atoms with E-state index in [1.807, 2.05) is 0 Å². The van der Waals surface area contributed by atoms with E-state index in [-0.39, 0.29) is 16.2 Å². The van der Waals surface area contributed by atoms with Gasteiger partial charge < -0.3 is 10.2 Å². The number of ketones is 1. The van der Waals surface area contributed by atoms with Gasteiger partial charge in [0.05, 0.1) is 12.2 Å². The summed E-state index contributed by atoms with van der Waals surface area (Å²) in [5.41, 5.74) is 3.11. The molecule has 0 amide bonds. The van der Waals surface area contributed by atoms with Gasteiger partial charge in [0.2, 0.25) is 0 Å². The van der Waals surface area contributed by atoms with Gasteiger partial charge in [-0.05, 0) is 82.0 Å². The highest BCUT2D eigenvalue weighted by molar-refractivity contribution is 5.85. The van der Waals surface area contributed by atoms with Crippen LogP contribution in [-0.4, -0.2) is 28.2 Å². The first-order chi connectivity index (χ1) is 15.2. The van der Waals surface area contributed by atoms with Crippen molar-refractivity contribution in [2.24, 2.45) is 39.4 Å². The lowest BCUT2D eigenvalue weighted by Crippen LogP contribution is -2.59. The SMILES string of the molecule is CC(C)=CCC[C@@H](C)[C@H]1C[C@H](O)[C@@]2(C)C3=C(C[C@@H](O)[C@]12C)[C@@]1(C)CCC(=O)C(C)(C)[C@@H]1CC3. The maximum atomic E-state index is 12.8. The fourth-order valence-electron chi connectivity index (χ4n) is 9.26. The summed E-state index contributed by atoms with van der Waals surface area (Å²) in [6, 6.07) is 0. The lowest BCUT2D eigenvalue weighted by atomic mass is 9.42. The standard InChI is InChI=1S/C30H48O3/c1-18(2)10-9-11-19(3)21-16-25(32)29(7)20-12-13-23-27(4,5)24(31)14-15-28(23,6)22(20)17-26(33)30(21,29)8/h10,19,21,23,25-26,32-33H,9,11-17H2,1-8H3/t19-,21-,23+,25+,26-,28-,29-,30+/m1/s1. The average Bonchev–Trinajstić information content (AvgIpc) is 2.94. The summed E-state index contributed by atoms with van der Waals surface area (Å²) in [5, 5.41) is 23.5. The number of aliphatic hydroxyl groups is 2. The summed E-state index contributed by atoms with van der Waals surface area (Å²) < 4.78 is 0. The molecule has 8 atom stereocenters. The van der Waals surface area contributed by atoms with E-state index in [1.54, 1.807) is 0 Å². The second-order valence-electron chi connectivity index (χ2n) is 13.5. The Kier molecular flexibility index (Phi) is 6.14. The van der Waals surface area contributed by atoms with Crippen molar-refractivity contribution in [2.75, 3.05) is 0 Å². The fraction of sp³-hybridized carbons (Fsp3) is 0.833. The molecule has 0 radical (unpaired) electrons. The molecule has 4 rings (SSSR count). The van der Waals surface area contributed by atoms with Crippen molar-refractivity contribution >= 4 is 5.78 Å². The van der Waals surface area contributed by atoms with E-state index >= 15 is 0 Å². The van der Waals surface area contributed by atoms with E-state index < -0.39 is 17.6 Å². The zero-order valence-electron chi connectivity index (χ0n) is 22.4. The minimum atomic E-state index is -0.453. The zero-order chi connectivity index (χ0) is 24.6. The number of hydrogen-bond acceptors (Lipinski definition) is 3. The van der Waals surface area contributed by atoms with Crippen molar-refractivity contribution in [3.05, 3.63) is 22.8 Å². The normalized spacial score (nSPS) is 45.2. The Morgan fingerprint density at radius 2 is 1.73 bits per heavy atom. The minimum Gasteiger partial charge on any atom is -0.392 e. The fourth-order valence-corrected chi connectivity index (χ4v) is 9.26. The highest BCUT2D eigenvalue weighted by Crippen LogP contribution is 2.72. The van der Waals surface area contributed by atoms with Gasteiger partial charge in [-0.2, -0.15) is 0 Å². The molecule has 4 aliphatic carbocycles. The lowest BCUT2D eigenvalue weighted by molar-refractivity contribution is -0.142. The summed E-state index contributed by atoms with van der Waals surface area (Å²) in [6.07, 6.45) is 8.59. The maximum absolute atomic E-state index is 12.8. The van der Waals surface area contributed by atoms with Gasteiger partial charge in [0, 0.05) is 22.7 Å². The molecule has 0 aromatic carbocycles. The van der Waals surface area contributed by atoms with Gasteiger partial charge in [-0.3, -0.25) is 4.79 Å². The largest absolute Gasteiger partial charge is 0.392 e. The molecule has 0 aromatic rings. The van der Waals surface area contributed by atoms with Gasteiger partial charge in [0.25, 0.3) is 0 Å². The number of carbonyl (C=O) groups is 1. The van der Waals surface area contributed by atoms with E-state index in [4.69, 9.17) is 0 Å². The third-order valence-corrected chi connectivity index (χ3v) is 11.6. The monoisotopic (exact) mass is 456 g/mol.